The lowest BCUT2D eigenvalue weighted by Gasteiger charge is -2.15. The zero-order valence-corrected chi connectivity index (χ0v) is 11.4. The van der Waals surface area contributed by atoms with Gasteiger partial charge in [-0.2, -0.15) is 0 Å². The van der Waals surface area contributed by atoms with Crippen molar-refractivity contribution in [3.8, 4) is 0 Å². The lowest BCUT2D eigenvalue weighted by atomic mass is 10.2. The number of pyridine rings is 2. The van der Waals surface area contributed by atoms with Crippen molar-refractivity contribution in [2.24, 2.45) is 0 Å². The highest BCUT2D eigenvalue weighted by molar-refractivity contribution is 9.10. The summed E-state index contributed by atoms with van der Waals surface area (Å²) in [7, 11) is 1.69. The second kappa shape index (κ2) is 5.42. The van der Waals surface area contributed by atoms with Crippen molar-refractivity contribution >= 4 is 32.7 Å². The minimum absolute atomic E-state index is 0.232. The van der Waals surface area contributed by atoms with Crippen LogP contribution in [0.3, 0.4) is 0 Å². The SMILES string of the molecule is COCC(C)Nc1ccnc2cc(Br)cnc12. The molecular weight excluding hydrogens is 282 g/mol. The van der Waals surface area contributed by atoms with E-state index in [4.69, 9.17) is 4.74 Å². The molecule has 0 saturated heterocycles. The monoisotopic (exact) mass is 295 g/mol. The van der Waals surface area contributed by atoms with Crippen LogP contribution in [0.4, 0.5) is 5.69 Å². The number of nitrogens with one attached hydrogen (secondary N) is 1. The van der Waals surface area contributed by atoms with E-state index in [1.54, 1.807) is 19.5 Å². The number of hydrogen-bond donors (Lipinski definition) is 1. The van der Waals surface area contributed by atoms with E-state index in [1.807, 2.05) is 12.1 Å². The second-order valence-corrected chi connectivity index (χ2v) is 4.80. The molecule has 2 aromatic heterocycles. The highest BCUT2D eigenvalue weighted by Crippen LogP contribution is 2.22. The predicted molar refractivity (Wildman–Crippen MR) is 72.2 cm³/mol. The van der Waals surface area contributed by atoms with E-state index in [-0.39, 0.29) is 6.04 Å². The number of anilines is 1. The first-order chi connectivity index (χ1) is 8.20. The Balaban J connectivity index is 2.34. The molecule has 0 aliphatic heterocycles. The molecule has 2 aromatic rings. The maximum Gasteiger partial charge on any atom is 0.112 e. The number of methoxy groups -OCH3 is 1. The van der Waals surface area contributed by atoms with Crippen LogP contribution in [0, 0.1) is 0 Å². The molecule has 0 aromatic carbocycles. The number of halogens is 1. The molecule has 4 nitrogen and oxygen atoms in total. The average Bonchev–Trinajstić information content (AvgIpc) is 2.29. The molecule has 1 unspecified atom stereocenters. The van der Waals surface area contributed by atoms with E-state index in [9.17, 15) is 0 Å². The van der Waals surface area contributed by atoms with Gasteiger partial charge in [0.25, 0.3) is 0 Å². The zero-order chi connectivity index (χ0) is 12.3. The Hall–Kier alpha value is -1.20. The smallest absolute Gasteiger partial charge is 0.112 e. The lowest BCUT2D eigenvalue weighted by Crippen LogP contribution is -2.21. The van der Waals surface area contributed by atoms with Crippen LogP contribution in [0.15, 0.2) is 29.0 Å². The summed E-state index contributed by atoms with van der Waals surface area (Å²) in [5, 5.41) is 3.36. The van der Waals surface area contributed by atoms with Crippen molar-refractivity contribution in [1.82, 2.24) is 9.97 Å². The first-order valence-electron chi connectivity index (χ1n) is 5.36. The Morgan fingerprint density at radius 3 is 3.06 bits per heavy atom. The summed E-state index contributed by atoms with van der Waals surface area (Å²) in [6.07, 6.45) is 3.55. The number of nitrogens with zero attached hydrogens (tertiary/aromatic N) is 2. The van der Waals surface area contributed by atoms with Gasteiger partial charge in [-0.05, 0) is 35.0 Å². The number of ether oxygens (including phenoxy) is 1. The Morgan fingerprint density at radius 1 is 1.47 bits per heavy atom. The van der Waals surface area contributed by atoms with E-state index < -0.39 is 0 Å². The highest BCUT2D eigenvalue weighted by Gasteiger charge is 2.07. The Kier molecular flexibility index (Phi) is 3.91. The van der Waals surface area contributed by atoms with E-state index in [0.29, 0.717) is 6.61 Å². The number of rotatable bonds is 4. The summed E-state index contributed by atoms with van der Waals surface area (Å²) in [5.41, 5.74) is 2.72. The molecule has 0 amide bonds. The van der Waals surface area contributed by atoms with Crippen molar-refractivity contribution in [1.29, 1.82) is 0 Å². The molecule has 2 rings (SSSR count). The number of fused-ring (bicyclic) bond motifs is 1. The van der Waals surface area contributed by atoms with Gasteiger partial charge in [-0.1, -0.05) is 0 Å². The van der Waals surface area contributed by atoms with Gasteiger partial charge in [0.1, 0.15) is 5.52 Å². The van der Waals surface area contributed by atoms with Gasteiger partial charge in [-0.3, -0.25) is 9.97 Å². The fourth-order valence-electron chi connectivity index (χ4n) is 1.68. The lowest BCUT2D eigenvalue weighted by molar-refractivity contribution is 0.190. The van der Waals surface area contributed by atoms with Gasteiger partial charge in [0.2, 0.25) is 0 Å². The van der Waals surface area contributed by atoms with Crippen molar-refractivity contribution in [3.63, 3.8) is 0 Å². The van der Waals surface area contributed by atoms with Gasteiger partial charge in [0.15, 0.2) is 0 Å². The fraction of sp³-hybridized carbons (Fsp3) is 0.333. The van der Waals surface area contributed by atoms with E-state index in [1.165, 1.54) is 0 Å². The third-order valence-corrected chi connectivity index (χ3v) is 2.80. The molecule has 0 aliphatic rings. The summed E-state index contributed by atoms with van der Waals surface area (Å²) < 4.78 is 6.03. The molecule has 0 fully saturated rings. The molecule has 0 radical (unpaired) electrons. The van der Waals surface area contributed by atoms with Crippen LogP contribution >= 0.6 is 15.9 Å². The van der Waals surface area contributed by atoms with Crippen LogP contribution in [-0.4, -0.2) is 29.7 Å². The number of hydrogen-bond acceptors (Lipinski definition) is 4. The van der Waals surface area contributed by atoms with Crippen molar-refractivity contribution < 1.29 is 4.74 Å². The van der Waals surface area contributed by atoms with Crippen LogP contribution in [0.1, 0.15) is 6.92 Å². The maximum absolute atomic E-state index is 5.10. The van der Waals surface area contributed by atoms with Gasteiger partial charge in [-0.25, -0.2) is 0 Å². The Bertz CT molecular complexity index is 518. The van der Waals surface area contributed by atoms with E-state index in [0.717, 1.165) is 21.2 Å². The van der Waals surface area contributed by atoms with Gasteiger partial charge in [0.05, 0.1) is 17.8 Å². The molecule has 0 spiro atoms. The normalized spacial score (nSPS) is 12.6. The highest BCUT2D eigenvalue weighted by atomic mass is 79.9. The van der Waals surface area contributed by atoms with Crippen molar-refractivity contribution in [3.05, 3.63) is 29.0 Å². The standard InChI is InChI=1S/C12H14BrN3O/c1-8(7-17-2)16-10-3-4-14-11-5-9(13)6-15-12(10)11/h3-6,8H,7H2,1-2H3,(H,14,16). The summed E-state index contributed by atoms with van der Waals surface area (Å²) >= 11 is 3.39. The van der Waals surface area contributed by atoms with Crippen molar-refractivity contribution in [2.45, 2.75) is 13.0 Å². The molecule has 90 valence electrons. The molecule has 1 atom stereocenters. The molecule has 5 heteroatoms. The van der Waals surface area contributed by atoms with Crippen LogP contribution in [0.25, 0.3) is 11.0 Å². The second-order valence-electron chi connectivity index (χ2n) is 3.88. The Morgan fingerprint density at radius 2 is 2.29 bits per heavy atom. The summed E-state index contributed by atoms with van der Waals surface area (Å²) in [6.45, 7) is 2.72. The van der Waals surface area contributed by atoms with Crippen molar-refractivity contribution in [2.75, 3.05) is 19.0 Å². The minimum atomic E-state index is 0.232. The van der Waals surface area contributed by atoms with E-state index >= 15 is 0 Å². The van der Waals surface area contributed by atoms with E-state index in [2.05, 4.69) is 38.1 Å². The summed E-state index contributed by atoms with van der Waals surface area (Å²) in [5.74, 6) is 0. The van der Waals surface area contributed by atoms with Crippen LogP contribution in [0.2, 0.25) is 0 Å². The van der Waals surface area contributed by atoms with Gasteiger partial charge in [0, 0.05) is 30.0 Å². The minimum Gasteiger partial charge on any atom is -0.383 e. The fourth-order valence-corrected chi connectivity index (χ4v) is 2.00. The van der Waals surface area contributed by atoms with Gasteiger partial charge < -0.3 is 10.1 Å². The topological polar surface area (TPSA) is 47.0 Å². The van der Waals surface area contributed by atoms with Gasteiger partial charge >= 0.3 is 0 Å². The molecule has 0 aliphatic carbocycles. The predicted octanol–water partition coefficient (Wildman–Crippen LogP) is 2.84. The molecular formula is C12H14BrN3O. The first kappa shape index (κ1) is 12.3. The third-order valence-electron chi connectivity index (χ3n) is 2.36. The first-order valence-corrected chi connectivity index (χ1v) is 6.15. The molecule has 17 heavy (non-hydrogen) atoms. The third kappa shape index (κ3) is 2.92. The average molecular weight is 296 g/mol. The molecule has 0 bridgehead atoms. The van der Waals surface area contributed by atoms with Crippen LogP contribution in [0.5, 0.6) is 0 Å². The quantitative estimate of drug-likeness (QED) is 0.942. The summed E-state index contributed by atoms with van der Waals surface area (Å²) in [4.78, 5) is 8.67. The Labute approximate surface area is 109 Å². The van der Waals surface area contributed by atoms with Gasteiger partial charge in [-0.15, -0.1) is 0 Å². The molecule has 1 N–H and O–H groups in total. The summed E-state index contributed by atoms with van der Waals surface area (Å²) in [6, 6.07) is 4.11. The largest absolute Gasteiger partial charge is 0.383 e. The maximum atomic E-state index is 5.10. The molecule has 0 saturated carbocycles. The number of aromatic nitrogens is 2. The molecule has 2 heterocycles. The van der Waals surface area contributed by atoms with Crippen LogP contribution < -0.4 is 5.32 Å². The van der Waals surface area contributed by atoms with Crippen LogP contribution in [-0.2, 0) is 4.74 Å². The zero-order valence-electron chi connectivity index (χ0n) is 9.77.